The van der Waals surface area contributed by atoms with Crippen LogP contribution in [0.25, 0.3) is 0 Å². The highest BCUT2D eigenvalue weighted by Crippen LogP contribution is 2.27. The van der Waals surface area contributed by atoms with E-state index in [9.17, 15) is 26.9 Å². The molecule has 3 aromatic carbocycles. The maximum atomic E-state index is 13.0. The molecule has 0 aliphatic carbocycles. The van der Waals surface area contributed by atoms with Gasteiger partial charge in [0.2, 0.25) is 5.78 Å². The van der Waals surface area contributed by atoms with Crippen molar-refractivity contribution in [1.29, 1.82) is 0 Å². The van der Waals surface area contributed by atoms with Gasteiger partial charge >= 0.3 is 13.2 Å². The monoisotopic (exact) mass is 523 g/mol. The Morgan fingerprint density at radius 1 is 0.800 bits per heavy atom. The lowest BCUT2D eigenvalue weighted by atomic mass is 10.1. The lowest BCUT2D eigenvalue weighted by Crippen LogP contribution is -2.24. The lowest BCUT2D eigenvalue weighted by molar-refractivity contribution is 0.0515. The molecule has 0 atom stereocenters. The Balaban J connectivity index is 0.000000784. The number of hydrogen-bond donors (Lipinski definition) is 0. The van der Waals surface area contributed by atoms with Crippen molar-refractivity contribution in [2.75, 3.05) is 18.3 Å². The second-order valence-electron chi connectivity index (χ2n) is 7.18. The number of halogens is 4. The molecule has 4 nitrogen and oxygen atoms in total. The van der Waals surface area contributed by atoms with Crippen LogP contribution in [-0.2, 0) is 15.7 Å². The SMILES string of the molecule is C[S+](C)CC(=NOC(=O)c1ccccc1)C(=O)c1ccc(Sc2ccccc2)cc1.F[B-](F)(F)F. The number of carbonyl (C=O) groups is 2. The van der Waals surface area contributed by atoms with Crippen LogP contribution in [-0.4, -0.2) is 43.0 Å². The Kier molecular flexibility index (Phi) is 11.1. The summed E-state index contributed by atoms with van der Waals surface area (Å²) in [5.74, 6) is -0.363. The molecule has 0 bridgehead atoms. The third-order valence-corrected chi connectivity index (χ3v) is 5.90. The predicted octanol–water partition coefficient (Wildman–Crippen LogP) is 6.41. The van der Waals surface area contributed by atoms with Crippen LogP contribution in [0.15, 0.2) is 99.9 Å². The van der Waals surface area contributed by atoms with Gasteiger partial charge in [0, 0.05) is 15.4 Å². The van der Waals surface area contributed by atoms with Crippen molar-refractivity contribution in [2.45, 2.75) is 9.79 Å². The number of carbonyl (C=O) groups excluding carboxylic acids is 2. The molecule has 35 heavy (non-hydrogen) atoms. The van der Waals surface area contributed by atoms with E-state index in [0.29, 0.717) is 16.9 Å². The molecule has 0 aliphatic rings. The number of Topliss-reactive ketones (excluding diaryl/α,β-unsaturated/α-hetero) is 1. The molecule has 0 aromatic heterocycles. The predicted molar refractivity (Wildman–Crippen MR) is 135 cm³/mol. The van der Waals surface area contributed by atoms with E-state index in [4.69, 9.17) is 4.84 Å². The van der Waals surface area contributed by atoms with Crippen LogP contribution in [0.3, 0.4) is 0 Å². The Morgan fingerprint density at radius 2 is 1.29 bits per heavy atom. The number of oxime groups is 1. The maximum absolute atomic E-state index is 13.0. The Morgan fingerprint density at radius 3 is 1.80 bits per heavy atom. The summed E-state index contributed by atoms with van der Waals surface area (Å²) in [6.45, 7) is 0. The molecule has 0 spiro atoms. The third kappa shape index (κ3) is 11.3. The molecule has 0 saturated carbocycles. The van der Waals surface area contributed by atoms with E-state index in [-0.39, 0.29) is 22.4 Å². The molecule has 0 aliphatic heterocycles. The van der Waals surface area contributed by atoms with E-state index < -0.39 is 13.2 Å². The van der Waals surface area contributed by atoms with Gasteiger partial charge in [-0.25, -0.2) is 4.79 Å². The summed E-state index contributed by atoms with van der Waals surface area (Å²) in [5, 5.41) is 3.93. The van der Waals surface area contributed by atoms with Gasteiger partial charge in [-0.05, 0) is 59.4 Å². The summed E-state index contributed by atoms with van der Waals surface area (Å²) in [6.07, 6.45) is 4.03. The summed E-state index contributed by atoms with van der Waals surface area (Å²) < 4.78 is 39.0. The standard InChI is InChI=1S/C24H22NO3S2.BF4/c1-30(2)17-22(25-28-24(27)19-9-5-3-6-10-19)23(26)18-13-15-21(16-14-18)29-20-11-7-4-8-12-20;2-1(3,4)5/h3-16H,17H2,1-2H3;/q+1;-1. The van der Waals surface area contributed by atoms with Crippen molar-refractivity contribution in [1.82, 2.24) is 0 Å². The van der Waals surface area contributed by atoms with E-state index >= 15 is 0 Å². The normalized spacial score (nSPS) is 11.5. The highest BCUT2D eigenvalue weighted by atomic mass is 32.2. The minimum Gasteiger partial charge on any atom is -0.418 e. The van der Waals surface area contributed by atoms with E-state index in [2.05, 4.69) is 5.16 Å². The summed E-state index contributed by atoms with van der Waals surface area (Å²) in [4.78, 5) is 32.4. The number of hydrogen-bond acceptors (Lipinski definition) is 5. The maximum Gasteiger partial charge on any atom is 0.673 e. The molecule has 0 saturated heterocycles. The molecule has 0 radical (unpaired) electrons. The molecular formula is C24H22BF4NO3S2. The Bertz CT molecular complexity index is 1120. The first-order chi connectivity index (χ1) is 16.5. The van der Waals surface area contributed by atoms with E-state index in [1.807, 2.05) is 61.0 Å². The summed E-state index contributed by atoms with van der Waals surface area (Å²) in [5.41, 5.74) is 1.16. The first-order valence-electron chi connectivity index (χ1n) is 10.2. The van der Waals surface area contributed by atoms with Gasteiger partial charge in [0.25, 0.3) is 0 Å². The minimum atomic E-state index is -6.00. The topological polar surface area (TPSA) is 55.7 Å². The van der Waals surface area contributed by atoms with Crippen molar-refractivity contribution in [2.24, 2.45) is 5.16 Å². The molecule has 3 aromatic rings. The van der Waals surface area contributed by atoms with Crippen molar-refractivity contribution in [3.63, 3.8) is 0 Å². The summed E-state index contributed by atoms with van der Waals surface area (Å²) in [6, 6.07) is 26.0. The number of rotatable bonds is 8. The highest BCUT2D eigenvalue weighted by Gasteiger charge is 2.22. The van der Waals surface area contributed by atoms with Crippen molar-refractivity contribution in [3.05, 3.63) is 96.1 Å². The highest BCUT2D eigenvalue weighted by molar-refractivity contribution is 7.99. The zero-order valence-electron chi connectivity index (χ0n) is 18.9. The molecule has 0 heterocycles. The first kappa shape index (κ1) is 28.2. The molecule has 0 amide bonds. The van der Waals surface area contributed by atoms with Crippen molar-refractivity contribution >= 4 is 47.4 Å². The van der Waals surface area contributed by atoms with Crippen molar-refractivity contribution in [3.8, 4) is 0 Å². The van der Waals surface area contributed by atoms with Gasteiger partial charge in [0.15, 0.2) is 11.5 Å². The zero-order valence-corrected chi connectivity index (χ0v) is 20.5. The van der Waals surface area contributed by atoms with E-state index in [1.54, 1.807) is 48.2 Å². The van der Waals surface area contributed by atoms with Gasteiger partial charge in [-0.2, -0.15) is 0 Å². The molecule has 0 fully saturated rings. The lowest BCUT2D eigenvalue weighted by Gasteiger charge is -2.06. The van der Waals surface area contributed by atoms with Gasteiger partial charge in [-0.1, -0.05) is 53.3 Å². The van der Waals surface area contributed by atoms with Crippen LogP contribution in [0.5, 0.6) is 0 Å². The van der Waals surface area contributed by atoms with Crippen LogP contribution in [0, 0.1) is 0 Å². The molecular weight excluding hydrogens is 501 g/mol. The van der Waals surface area contributed by atoms with Gasteiger partial charge in [-0.3, -0.25) is 4.79 Å². The van der Waals surface area contributed by atoms with Crippen LogP contribution < -0.4 is 0 Å². The van der Waals surface area contributed by atoms with E-state index in [1.165, 1.54) is 0 Å². The number of ketones is 1. The van der Waals surface area contributed by atoms with Crippen LogP contribution >= 0.6 is 11.8 Å². The minimum absolute atomic E-state index is 0.0772. The average molecular weight is 523 g/mol. The van der Waals surface area contributed by atoms with Crippen LogP contribution in [0.4, 0.5) is 17.3 Å². The van der Waals surface area contributed by atoms with Crippen LogP contribution in [0.1, 0.15) is 20.7 Å². The molecule has 3 rings (SSSR count). The largest absolute Gasteiger partial charge is 0.673 e. The van der Waals surface area contributed by atoms with Crippen LogP contribution in [0.2, 0.25) is 0 Å². The third-order valence-electron chi connectivity index (χ3n) is 4.03. The second-order valence-corrected chi connectivity index (χ2v) is 10.6. The first-order valence-corrected chi connectivity index (χ1v) is 13.2. The number of nitrogens with zero attached hydrogens (tertiary/aromatic N) is 1. The van der Waals surface area contributed by atoms with Gasteiger partial charge in [0.05, 0.1) is 18.1 Å². The fourth-order valence-corrected chi connectivity index (χ4v) is 4.16. The van der Waals surface area contributed by atoms with Gasteiger partial charge < -0.3 is 22.1 Å². The number of benzene rings is 3. The summed E-state index contributed by atoms with van der Waals surface area (Å²) >= 11 is 1.63. The molecule has 0 unspecified atom stereocenters. The average Bonchev–Trinajstić information content (AvgIpc) is 2.81. The fraction of sp³-hybridized carbons (Fsp3) is 0.125. The summed E-state index contributed by atoms with van der Waals surface area (Å²) in [7, 11) is -6.08. The quantitative estimate of drug-likeness (QED) is 0.0651. The van der Waals surface area contributed by atoms with E-state index in [0.717, 1.165) is 9.79 Å². The zero-order chi connectivity index (χ0) is 25.8. The Labute approximate surface area is 208 Å². The molecule has 0 N–H and O–H groups in total. The smallest absolute Gasteiger partial charge is 0.418 e. The Hall–Kier alpha value is -3.05. The fourth-order valence-electron chi connectivity index (χ4n) is 2.60. The van der Waals surface area contributed by atoms with Gasteiger partial charge in [-0.15, -0.1) is 0 Å². The molecule has 11 heteroatoms. The van der Waals surface area contributed by atoms with Crippen molar-refractivity contribution < 1.29 is 31.7 Å². The second kappa shape index (κ2) is 13.7. The molecule has 184 valence electrons. The van der Waals surface area contributed by atoms with Gasteiger partial charge in [0.1, 0.15) is 0 Å².